The molecular formula is C20H24N2O4S. The number of ketones is 1. The first kappa shape index (κ1) is 19.5. The largest absolute Gasteiger partial charge is 0.378 e. The monoisotopic (exact) mass is 388 g/mol. The number of rotatable bonds is 6. The first-order valence-electron chi connectivity index (χ1n) is 8.90. The van der Waals surface area contributed by atoms with Crippen LogP contribution < -0.4 is 9.62 Å². The van der Waals surface area contributed by atoms with Crippen molar-refractivity contribution >= 4 is 21.5 Å². The first-order chi connectivity index (χ1) is 12.9. The maximum absolute atomic E-state index is 12.4. The number of carbonyl (C=O) groups is 1. The Labute approximate surface area is 160 Å². The van der Waals surface area contributed by atoms with Crippen molar-refractivity contribution in [2.45, 2.75) is 18.7 Å². The fourth-order valence-electron chi connectivity index (χ4n) is 2.91. The van der Waals surface area contributed by atoms with Crippen LogP contribution in [0.3, 0.4) is 0 Å². The van der Waals surface area contributed by atoms with Gasteiger partial charge in [0.05, 0.1) is 24.7 Å². The van der Waals surface area contributed by atoms with Gasteiger partial charge in [0.2, 0.25) is 10.0 Å². The summed E-state index contributed by atoms with van der Waals surface area (Å²) in [6.07, 6.45) is 0. The Balaban J connectivity index is 1.63. The zero-order valence-corrected chi connectivity index (χ0v) is 16.4. The van der Waals surface area contributed by atoms with Gasteiger partial charge in [0.15, 0.2) is 5.78 Å². The van der Waals surface area contributed by atoms with E-state index in [1.165, 1.54) is 0 Å². The van der Waals surface area contributed by atoms with Crippen LogP contribution in [0.1, 0.15) is 21.5 Å². The lowest BCUT2D eigenvalue weighted by Crippen LogP contribution is -2.36. The number of anilines is 1. The molecule has 0 atom stereocenters. The van der Waals surface area contributed by atoms with Crippen molar-refractivity contribution in [1.29, 1.82) is 0 Å². The van der Waals surface area contributed by atoms with E-state index in [1.54, 1.807) is 30.3 Å². The molecule has 1 fully saturated rings. The number of ether oxygens (including phenoxy) is 1. The molecule has 0 bridgehead atoms. The third-order valence-corrected chi connectivity index (χ3v) is 6.18. The van der Waals surface area contributed by atoms with Crippen molar-refractivity contribution in [2.75, 3.05) is 37.7 Å². The maximum atomic E-state index is 12.4. The normalized spacial score (nSPS) is 15.0. The van der Waals surface area contributed by atoms with Gasteiger partial charge < -0.3 is 9.64 Å². The smallest absolute Gasteiger partial charge is 0.240 e. The second kappa shape index (κ2) is 8.21. The number of morpholine rings is 1. The Morgan fingerprint density at radius 1 is 1.04 bits per heavy atom. The molecule has 0 aliphatic carbocycles. The molecule has 0 unspecified atom stereocenters. The van der Waals surface area contributed by atoms with Crippen LogP contribution in [0.4, 0.5) is 5.69 Å². The number of Topliss-reactive ketones (excluding diaryl/α,β-unsaturated/α-hetero) is 1. The summed E-state index contributed by atoms with van der Waals surface area (Å²) in [5.41, 5.74) is 3.42. The Bertz CT molecular complexity index is 917. The second-order valence-corrected chi connectivity index (χ2v) is 8.41. The van der Waals surface area contributed by atoms with Gasteiger partial charge in [0, 0.05) is 24.3 Å². The minimum atomic E-state index is -3.72. The topological polar surface area (TPSA) is 75.7 Å². The molecule has 0 radical (unpaired) electrons. The van der Waals surface area contributed by atoms with Gasteiger partial charge in [-0.2, -0.15) is 0 Å². The number of nitrogens with zero attached hydrogens (tertiary/aromatic N) is 1. The third kappa shape index (κ3) is 4.74. The number of aryl methyl sites for hydroxylation is 2. The summed E-state index contributed by atoms with van der Waals surface area (Å²) < 4.78 is 32.6. The van der Waals surface area contributed by atoms with E-state index in [-0.39, 0.29) is 17.2 Å². The molecule has 3 rings (SSSR count). The Kier molecular flexibility index (Phi) is 5.94. The second-order valence-electron chi connectivity index (χ2n) is 6.64. The van der Waals surface area contributed by atoms with Crippen molar-refractivity contribution in [1.82, 2.24) is 4.72 Å². The standard InChI is InChI=1S/C20H24N2O4S/c1-15-3-8-19(13-16(15)2)27(24,25)21-14-20(23)17-4-6-18(7-5-17)22-9-11-26-12-10-22/h3-8,13,21H,9-12,14H2,1-2H3. The minimum absolute atomic E-state index is 0.168. The average molecular weight is 388 g/mol. The van der Waals surface area contributed by atoms with Gasteiger partial charge in [-0.1, -0.05) is 6.07 Å². The summed E-state index contributed by atoms with van der Waals surface area (Å²) in [6.45, 7) is 6.54. The predicted molar refractivity (Wildman–Crippen MR) is 105 cm³/mol. The van der Waals surface area contributed by atoms with E-state index in [0.29, 0.717) is 18.8 Å². The quantitative estimate of drug-likeness (QED) is 0.769. The van der Waals surface area contributed by atoms with Crippen molar-refractivity contribution < 1.29 is 17.9 Å². The van der Waals surface area contributed by atoms with E-state index in [9.17, 15) is 13.2 Å². The van der Waals surface area contributed by atoms with Crippen LogP contribution in [0, 0.1) is 13.8 Å². The molecule has 0 spiro atoms. The van der Waals surface area contributed by atoms with Crippen molar-refractivity contribution in [3.63, 3.8) is 0 Å². The molecule has 27 heavy (non-hydrogen) atoms. The van der Waals surface area contributed by atoms with Crippen LogP contribution in [0.15, 0.2) is 47.4 Å². The summed E-state index contributed by atoms with van der Waals surface area (Å²) in [6, 6.07) is 12.2. The number of hydrogen-bond acceptors (Lipinski definition) is 5. The highest BCUT2D eigenvalue weighted by Gasteiger charge is 2.17. The van der Waals surface area contributed by atoms with E-state index >= 15 is 0 Å². The van der Waals surface area contributed by atoms with Crippen molar-refractivity contribution in [3.05, 3.63) is 59.2 Å². The van der Waals surface area contributed by atoms with Crippen LogP contribution in [-0.4, -0.2) is 47.0 Å². The van der Waals surface area contributed by atoms with E-state index < -0.39 is 10.0 Å². The number of sulfonamides is 1. The zero-order chi connectivity index (χ0) is 19.4. The van der Waals surface area contributed by atoms with Crippen LogP contribution in [0.25, 0.3) is 0 Å². The highest BCUT2D eigenvalue weighted by Crippen LogP contribution is 2.17. The maximum Gasteiger partial charge on any atom is 0.240 e. The summed E-state index contributed by atoms with van der Waals surface area (Å²) in [5.74, 6) is -0.268. The Hall–Kier alpha value is -2.22. The highest BCUT2D eigenvalue weighted by molar-refractivity contribution is 7.89. The fraction of sp³-hybridized carbons (Fsp3) is 0.350. The average Bonchev–Trinajstić information content (AvgIpc) is 2.69. The molecule has 0 aromatic heterocycles. The molecule has 0 amide bonds. The van der Waals surface area contributed by atoms with E-state index in [0.717, 1.165) is 29.9 Å². The van der Waals surface area contributed by atoms with Gasteiger partial charge in [-0.3, -0.25) is 4.79 Å². The Morgan fingerprint density at radius 2 is 1.70 bits per heavy atom. The summed E-state index contributed by atoms with van der Waals surface area (Å²) in [5, 5.41) is 0. The number of nitrogens with one attached hydrogen (secondary N) is 1. The lowest BCUT2D eigenvalue weighted by Gasteiger charge is -2.28. The highest BCUT2D eigenvalue weighted by atomic mass is 32.2. The SMILES string of the molecule is Cc1ccc(S(=O)(=O)NCC(=O)c2ccc(N3CCOCC3)cc2)cc1C. The van der Waals surface area contributed by atoms with E-state index in [1.807, 2.05) is 26.0 Å². The summed E-state index contributed by atoms with van der Waals surface area (Å²) >= 11 is 0. The predicted octanol–water partition coefficient (Wildman–Crippen LogP) is 2.30. The lowest BCUT2D eigenvalue weighted by molar-refractivity contribution is 0.0997. The molecular weight excluding hydrogens is 364 g/mol. The number of benzene rings is 2. The van der Waals surface area contributed by atoms with E-state index in [2.05, 4.69) is 9.62 Å². The molecule has 1 saturated heterocycles. The zero-order valence-electron chi connectivity index (χ0n) is 15.6. The summed E-state index contributed by atoms with van der Waals surface area (Å²) in [4.78, 5) is 14.7. The van der Waals surface area contributed by atoms with Gasteiger partial charge in [0.25, 0.3) is 0 Å². The lowest BCUT2D eigenvalue weighted by atomic mass is 10.1. The Morgan fingerprint density at radius 3 is 2.33 bits per heavy atom. The number of carbonyl (C=O) groups excluding carboxylic acids is 1. The third-order valence-electron chi connectivity index (χ3n) is 4.78. The number of hydrogen-bond donors (Lipinski definition) is 1. The van der Waals surface area contributed by atoms with Gasteiger partial charge in [-0.15, -0.1) is 0 Å². The molecule has 2 aromatic rings. The van der Waals surface area contributed by atoms with Crippen LogP contribution in [-0.2, 0) is 14.8 Å². The molecule has 2 aromatic carbocycles. The molecule has 144 valence electrons. The van der Waals surface area contributed by atoms with Gasteiger partial charge >= 0.3 is 0 Å². The molecule has 1 N–H and O–H groups in total. The van der Waals surface area contributed by atoms with Crippen LogP contribution in [0.2, 0.25) is 0 Å². The first-order valence-corrected chi connectivity index (χ1v) is 10.4. The molecule has 1 heterocycles. The van der Waals surface area contributed by atoms with Crippen LogP contribution in [0.5, 0.6) is 0 Å². The van der Waals surface area contributed by atoms with Crippen LogP contribution >= 0.6 is 0 Å². The molecule has 1 aliphatic rings. The molecule has 1 aliphatic heterocycles. The minimum Gasteiger partial charge on any atom is -0.378 e. The van der Waals surface area contributed by atoms with Crippen molar-refractivity contribution in [3.8, 4) is 0 Å². The fourth-order valence-corrected chi connectivity index (χ4v) is 3.97. The van der Waals surface area contributed by atoms with Crippen molar-refractivity contribution in [2.24, 2.45) is 0 Å². The van der Waals surface area contributed by atoms with Gasteiger partial charge in [0.1, 0.15) is 0 Å². The van der Waals surface area contributed by atoms with E-state index in [4.69, 9.17) is 4.74 Å². The summed E-state index contributed by atoms with van der Waals surface area (Å²) in [7, 11) is -3.72. The molecule has 7 heteroatoms. The molecule has 0 saturated carbocycles. The molecule has 6 nitrogen and oxygen atoms in total. The van der Waals surface area contributed by atoms with Gasteiger partial charge in [-0.05, 0) is 61.4 Å². The van der Waals surface area contributed by atoms with Gasteiger partial charge in [-0.25, -0.2) is 13.1 Å².